The highest BCUT2D eigenvalue weighted by molar-refractivity contribution is 7.18. The SMILES string of the molecule is CCc1cc2c(NC3CCOC4(CCCCC4)C3)ncnc2s1. The lowest BCUT2D eigenvalue weighted by atomic mass is 9.78. The first-order chi connectivity index (χ1) is 11.3. The Morgan fingerprint density at radius 1 is 1.30 bits per heavy atom. The third-order valence-corrected chi connectivity index (χ3v) is 6.51. The van der Waals surface area contributed by atoms with E-state index in [-0.39, 0.29) is 5.60 Å². The fourth-order valence-corrected chi connectivity index (χ4v) is 5.02. The van der Waals surface area contributed by atoms with Crippen molar-refractivity contribution in [1.29, 1.82) is 0 Å². The molecule has 4 nitrogen and oxygen atoms in total. The van der Waals surface area contributed by atoms with Gasteiger partial charge in [0.15, 0.2) is 0 Å². The van der Waals surface area contributed by atoms with Crippen LogP contribution < -0.4 is 5.32 Å². The number of hydrogen-bond acceptors (Lipinski definition) is 5. The first-order valence-electron chi connectivity index (χ1n) is 8.92. The summed E-state index contributed by atoms with van der Waals surface area (Å²) in [6, 6.07) is 2.71. The lowest BCUT2D eigenvalue weighted by Crippen LogP contribution is -2.45. The van der Waals surface area contributed by atoms with E-state index >= 15 is 0 Å². The molecule has 3 heterocycles. The fourth-order valence-electron chi connectivity index (χ4n) is 4.08. The van der Waals surface area contributed by atoms with Gasteiger partial charge in [-0.15, -0.1) is 11.3 Å². The van der Waals surface area contributed by atoms with E-state index < -0.39 is 0 Å². The number of thiophene rings is 1. The normalized spacial score (nSPS) is 24.1. The zero-order chi connectivity index (χ0) is 15.7. The Morgan fingerprint density at radius 2 is 2.17 bits per heavy atom. The van der Waals surface area contributed by atoms with E-state index in [9.17, 15) is 0 Å². The highest BCUT2D eigenvalue weighted by atomic mass is 32.1. The number of nitrogens with zero attached hydrogens (tertiary/aromatic N) is 2. The van der Waals surface area contributed by atoms with E-state index in [1.165, 1.54) is 42.4 Å². The molecule has 0 amide bonds. The molecular formula is C18H25N3OS. The molecule has 2 fully saturated rings. The van der Waals surface area contributed by atoms with Gasteiger partial charge in [-0.05, 0) is 38.2 Å². The fraction of sp³-hybridized carbons (Fsp3) is 0.667. The molecule has 1 saturated carbocycles. The molecule has 0 bridgehead atoms. The maximum Gasteiger partial charge on any atom is 0.138 e. The van der Waals surface area contributed by atoms with Crippen LogP contribution in [0.15, 0.2) is 12.4 Å². The molecule has 23 heavy (non-hydrogen) atoms. The molecular weight excluding hydrogens is 306 g/mol. The van der Waals surface area contributed by atoms with Crippen molar-refractivity contribution in [1.82, 2.24) is 9.97 Å². The van der Waals surface area contributed by atoms with E-state index in [1.807, 2.05) is 0 Å². The third kappa shape index (κ3) is 3.09. The molecule has 5 heteroatoms. The summed E-state index contributed by atoms with van der Waals surface area (Å²) < 4.78 is 6.21. The number of fused-ring (bicyclic) bond motifs is 1. The van der Waals surface area contributed by atoms with Gasteiger partial charge in [0.05, 0.1) is 11.0 Å². The molecule has 2 aromatic heterocycles. The predicted molar refractivity (Wildman–Crippen MR) is 95.2 cm³/mol. The summed E-state index contributed by atoms with van der Waals surface area (Å²) in [6.45, 7) is 3.06. The maximum absolute atomic E-state index is 6.21. The van der Waals surface area contributed by atoms with Crippen molar-refractivity contribution < 1.29 is 4.74 Å². The van der Waals surface area contributed by atoms with Crippen molar-refractivity contribution in [3.8, 4) is 0 Å². The third-order valence-electron chi connectivity index (χ3n) is 5.33. The van der Waals surface area contributed by atoms with Crippen LogP contribution in [0.4, 0.5) is 5.82 Å². The Bertz CT molecular complexity index is 672. The van der Waals surface area contributed by atoms with Crippen LogP contribution in [0.2, 0.25) is 0 Å². The van der Waals surface area contributed by atoms with Crippen LogP contribution in [0.25, 0.3) is 10.2 Å². The van der Waals surface area contributed by atoms with Crippen LogP contribution >= 0.6 is 11.3 Å². The standard InChI is InChI=1S/C18H25N3OS/c1-2-14-10-15-16(19-12-20-17(15)23-14)21-13-6-9-22-18(11-13)7-4-3-5-8-18/h10,12-13H,2-9,11H2,1H3,(H,19,20,21). The van der Waals surface area contributed by atoms with Gasteiger partial charge in [0.25, 0.3) is 0 Å². The Hall–Kier alpha value is -1.20. The van der Waals surface area contributed by atoms with Gasteiger partial charge in [0.1, 0.15) is 17.0 Å². The van der Waals surface area contributed by atoms with Gasteiger partial charge in [-0.3, -0.25) is 0 Å². The summed E-state index contributed by atoms with van der Waals surface area (Å²) in [5, 5.41) is 4.89. The number of rotatable bonds is 3. The number of nitrogens with one attached hydrogen (secondary N) is 1. The van der Waals surface area contributed by atoms with Crippen molar-refractivity contribution in [2.75, 3.05) is 11.9 Å². The largest absolute Gasteiger partial charge is 0.375 e. The van der Waals surface area contributed by atoms with Crippen molar-refractivity contribution in [3.63, 3.8) is 0 Å². The second-order valence-electron chi connectivity index (χ2n) is 6.93. The highest BCUT2D eigenvalue weighted by Crippen LogP contribution is 2.39. The highest BCUT2D eigenvalue weighted by Gasteiger charge is 2.38. The van der Waals surface area contributed by atoms with Gasteiger partial charge in [0, 0.05) is 17.5 Å². The Kier molecular flexibility index (Phi) is 4.24. The zero-order valence-electron chi connectivity index (χ0n) is 13.8. The molecule has 2 aromatic rings. The lowest BCUT2D eigenvalue weighted by Gasteiger charge is -2.43. The smallest absolute Gasteiger partial charge is 0.138 e. The van der Waals surface area contributed by atoms with Crippen LogP contribution in [0.3, 0.4) is 0 Å². The zero-order valence-corrected chi connectivity index (χ0v) is 14.6. The average Bonchev–Trinajstić information content (AvgIpc) is 3.00. The van der Waals surface area contributed by atoms with Gasteiger partial charge in [-0.1, -0.05) is 26.2 Å². The van der Waals surface area contributed by atoms with E-state index in [2.05, 4.69) is 28.3 Å². The second kappa shape index (κ2) is 6.36. The van der Waals surface area contributed by atoms with Crippen LogP contribution in [0.5, 0.6) is 0 Å². The minimum atomic E-state index is 0.129. The Labute approximate surface area is 141 Å². The van der Waals surface area contributed by atoms with Crippen LogP contribution in [0, 0.1) is 0 Å². The molecule has 1 aliphatic heterocycles. The molecule has 0 radical (unpaired) electrons. The van der Waals surface area contributed by atoms with Gasteiger partial charge in [-0.2, -0.15) is 0 Å². The topological polar surface area (TPSA) is 47.0 Å². The molecule has 4 rings (SSSR count). The van der Waals surface area contributed by atoms with Crippen LogP contribution in [-0.4, -0.2) is 28.2 Å². The molecule has 1 aliphatic carbocycles. The van der Waals surface area contributed by atoms with Gasteiger partial charge in [-0.25, -0.2) is 9.97 Å². The summed E-state index contributed by atoms with van der Waals surface area (Å²) in [5.74, 6) is 1.00. The maximum atomic E-state index is 6.21. The van der Waals surface area contributed by atoms with Gasteiger partial charge < -0.3 is 10.1 Å². The monoisotopic (exact) mass is 331 g/mol. The van der Waals surface area contributed by atoms with E-state index in [0.29, 0.717) is 6.04 Å². The Balaban J connectivity index is 1.54. The van der Waals surface area contributed by atoms with E-state index in [4.69, 9.17) is 4.74 Å². The van der Waals surface area contributed by atoms with Gasteiger partial charge >= 0.3 is 0 Å². The number of aromatic nitrogens is 2. The van der Waals surface area contributed by atoms with Crippen molar-refractivity contribution in [2.24, 2.45) is 0 Å². The van der Waals surface area contributed by atoms with E-state index in [0.717, 1.165) is 36.5 Å². The quantitative estimate of drug-likeness (QED) is 0.896. The summed E-state index contributed by atoms with van der Waals surface area (Å²) in [6.07, 6.45) is 11.4. The molecule has 0 aromatic carbocycles. The van der Waals surface area contributed by atoms with Crippen molar-refractivity contribution in [2.45, 2.75) is 69.9 Å². The molecule has 2 aliphatic rings. The van der Waals surface area contributed by atoms with Crippen LogP contribution in [0.1, 0.15) is 56.7 Å². The minimum Gasteiger partial charge on any atom is -0.375 e. The number of hydrogen-bond donors (Lipinski definition) is 1. The summed E-state index contributed by atoms with van der Waals surface area (Å²) in [7, 11) is 0. The van der Waals surface area contributed by atoms with Crippen molar-refractivity contribution >= 4 is 27.4 Å². The molecule has 1 N–H and O–H groups in total. The summed E-state index contributed by atoms with van der Waals surface area (Å²) >= 11 is 1.78. The lowest BCUT2D eigenvalue weighted by molar-refractivity contribution is -0.103. The first kappa shape index (κ1) is 15.3. The molecule has 1 saturated heterocycles. The number of anilines is 1. The average molecular weight is 331 g/mol. The molecule has 1 atom stereocenters. The van der Waals surface area contributed by atoms with Crippen LogP contribution in [-0.2, 0) is 11.2 Å². The minimum absolute atomic E-state index is 0.129. The summed E-state index contributed by atoms with van der Waals surface area (Å²) in [4.78, 5) is 11.4. The summed E-state index contributed by atoms with van der Waals surface area (Å²) in [5.41, 5.74) is 0.129. The number of ether oxygens (including phenoxy) is 1. The molecule has 1 spiro atoms. The molecule has 1 unspecified atom stereocenters. The number of aryl methyl sites for hydroxylation is 1. The second-order valence-corrected chi connectivity index (χ2v) is 8.05. The van der Waals surface area contributed by atoms with Crippen molar-refractivity contribution in [3.05, 3.63) is 17.3 Å². The molecule has 124 valence electrons. The van der Waals surface area contributed by atoms with Gasteiger partial charge in [0.2, 0.25) is 0 Å². The first-order valence-corrected chi connectivity index (χ1v) is 9.73. The predicted octanol–water partition coefficient (Wildman–Crippen LogP) is 4.55. The Morgan fingerprint density at radius 3 is 3.00 bits per heavy atom. The van der Waals surface area contributed by atoms with E-state index in [1.54, 1.807) is 17.7 Å².